The molecule has 4 aromatic rings. The Morgan fingerprint density at radius 3 is 1.23 bits per heavy atom. The smallest absolute Gasteiger partial charge is 0.407 e. The summed E-state index contributed by atoms with van der Waals surface area (Å²) >= 11 is 0. The second kappa shape index (κ2) is 20.0. The normalized spacial score (nSPS) is 28.7. The summed E-state index contributed by atoms with van der Waals surface area (Å²) in [5, 5.41) is 5.75. The quantitative estimate of drug-likeness (QED) is 0.114. The fourth-order valence-corrected chi connectivity index (χ4v) is 11.1. The second-order valence-corrected chi connectivity index (χ2v) is 19.1. The van der Waals surface area contributed by atoms with Crippen molar-refractivity contribution < 1.29 is 38.1 Å². The lowest BCUT2D eigenvalue weighted by Gasteiger charge is -2.39. The van der Waals surface area contributed by atoms with E-state index in [1.807, 2.05) is 49.9 Å². The predicted octanol–water partition coefficient (Wildman–Crippen LogP) is 8.09. The van der Waals surface area contributed by atoms with Gasteiger partial charge in [0.2, 0.25) is 11.8 Å². The molecule has 4 fully saturated rings. The zero-order chi connectivity index (χ0) is 46.8. The highest BCUT2D eigenvalue weighted by Gasteiger charge is 2.46. The average molecular weight is 907 g/mol. The number of carbonyl (C=O) groups excluding carboxylic acids is 4. The van der Waals surface area contributed by atoms with Gasteiger partial charge in [-0.25, -0.2) is 19.6 Å². The summed E-state index contributed by atoms with van der Waals surface area (Å²) in [4.78, 5) is 74.4. The first-order valence-electron chi connectivity index (χ1n) is 23.7. The largest absolute Gasteiger partial charge is 0.453 e. The monoisotopic (exact) mass is 907 g/mol. The van der Waals surface area contributed by atoms with Gasteiger partial charge in [0, 0.05) is 35.6 Å². The third-order valence-electron chi connectivity index (χ3n) is 14.2. The molecule has 0 radical (unpaired) electrons. The first-order valence-corrected chi connectivity index (χ1v) is 23.7. The van der Waals surface area contributed by atoms with Crippen LogP contribution < -0.4 is 10.6 Å². The highest BCUT2D eigenvalue weighted by atomic mass is 16.5. The molecule has 8 rings (SSSR count). The van der Waals surface area contributed by atoms with Gasteiger partial charge in [-0.3, -0.25) is 9.59 Å². The molecule has 0 spiro atoms. The molecule has 2 aromatic heterocycles. The van der Waals surface area contributed by atoms with Crippen LogP contribution in [0.2, 0.25) is 0 Å². The number of aromatic amines is 2. The van der Waals surface area contributed by atoms with E-state index in [0.717, 1.165) is 71.0 Å². The van der Waals surface area contributed by atoms with E-state index in [1.54, 1.807) is 0 Å². The number of hydrogen-bond donors (Lipinski definition) is 4. The summed E-state index contributed by atoms with van der Waals surface area (Å²) < 4.78 is 21.8. The van der Waals surface area contributed by atoms with E-state index < -0.39 is 24.3 Å². The summed E-state index contributed by atoms with van der Waals surface area (Å²) in [5.41, 5.74) is 5.54. The third-order valence-corrected chi connectivity index (χ3v) is 14.2. The number of nitrogens with zero attached hydrogens (tertiary/aromatic N) is 4. The zero-order valence-corrected chi connectivity index (χ0v) is 39.4. The number of nitrogens with one attached hydrogen (secondary N) is 4. The molecule has 66 heavy (non-hydrogen) atoms. The summed E-state index contributed by atoms with van der Waals surface area (Å²) in [5.74, 6) is 1.01. The van der Waals surface area contributed by atoms with Crippen LogP contribution in [0, 0.1) is 11.8 Å². The van der Waals surface area contributed by atoms with Crippen LogP contribution >= 0.6 is 0 Å². The Bertz CT molecular complexity index is 2150. The molecular formula is C50H66N8O8. The van der Waals surface area contributed by atoms with Gasteiger partial charge >= 0.3 is 12.2 Å². The topological polar surface area (TPSA) is 193 Å². The highest BCUT2D eigenvalue weighted by Crippen LogP contribution is 2.40. The van der Waals surface area contributed by atoms with Crippen LogP contribution in [0.25, 0.3) is 33.6 Å². The molecule has 12 atom stereocenters. The molecule has 2 aromatic carbocycles. The number of amides is 4. The standard InChI is InChI=1S/C50H66N8O8/c1-27-9-19-41(57(27)47(59)43(55-49(61)63-7)37-21-29(3)65-30(4)22-37)45-51-25-39(53-45)35-15-11-33(12-16-35)34-13-17-36(18-14-34)40-26-52-46(54-40)42-20-10-28(2)58(42)48(60)44(56-50(62)64-8)38-23-31(5)66-32(6)24-38/h11-18,25-32,37-38,41-44H,9-10,19-24H2,1-8H3,(H,51,53)(H,52,54)(H,55,61)(H,56,62)/t27-,28-,29-,30+,31-,32+,37-,38+,41-,42-,43-,44-/m0/s1. The Kier molecular flexibility index (Phi) is 14.2. The molecule has 4 aliphatic rings. The maximum absolute atomic E-state index is 14.4. The molecule has 16 nitrogen and oxygen atoms in total. The maximum Gasteiger partial charge on any atom is 0.407 e. The zero-order valence-electron chi connectivity index (χ0n) is 39.4. The molecule has 354 valence electrons. The fraction of sp³-hybridized carbons (Fsp3) is 0.560. The van der Waals surface area contributed by atoms with Gasteiger partial charge in [-0.15, -0.1) is 0 Å². The van der Waals surface area contributed by atoms with Crippen LogP contribution in [0.1, 0.15) is 117 Å². The Morgan fingerprint density at radius 2 is 0.894 bits per heavy atom. The van der Waals surface area contributed by atoms with Crippen LogP contribution in [0.5, 0.6) is 0 Å². The first kappa shape index (κ1) is 46.8. The van der Waals surface area contributed by atoms with Crippen LogP contribution in [0.15, 0.2) is 60.9 Å². The number of rotatable bonds is 11. The van der Waals surface area contributed by atoms with Crippen LogP contribution in [-0.2, 0) is 28.5 Å². The molecule has 4 N–H and O–H groups in total. The van der Waals surface area contributed by atoms with Crippen molar-refractivity contribution in [3.8, 4) is 33.6 Å². The number of likely N-dealkylation sites (tertiary alicyclic amines) is 2. The van der Waals surface area contributed by atoms with Crippen molar-refractivity contribution in [3.05, 3.63) is 72.6 Å². The minimum Gasteiger partial charge on any atom is -0.453 e. The Balaban J connectivity index is 0.936. The number of aromatic nitrogens is 4. The van der Waals surface area contributed by atoms with Gasteiger partial charge < -0.3 is 49.3 Å². The number of hydrogen-bond acceptors (Lipinski definition) is 10. The van der Waals surface area contributed by atoms with Gasteiger partial charge in [0.1, 0.15) is 23.7 Å². The lowest BCUT2D eigenvalue weighted by atomic mass is 9.85. The molecular weight excluding hydrogens is 841 g/mol. The van der Waals surface area contributed by atoms with Gasteiger partial charge in [0.15, 0.2) is 0 Å². The SMILES string of the molecule is COC(=O)N[C@H](C(=O)N1[C@@H](C)CC[C@H]1c1nc(-c2ccc(-c3ccc(-c4c[nH]c([C@@H]5CC[C@H](C)N5C(=O)[C@@H](NC(=O)OC)[C@H]5C[C@@H](C)O[C@@H](C)C5)n4)cc3)cc2)c[nH]1)[C@@H]1C[C@@H](C)O[C@@H](C)C1. The van der Waals surface area contributed by atoms with Crippen LogP contribution in [0.4, 0.5) is 9.59 Å². The number of carbonyl (C=O) groups is 4. The minimum atomic E-state index is -0.737. The van der Waals surface area contributed by atoms with Gasteiger partial charge in [0.05, 0.1) is 62.1 Å². The van der Waals surface area contributed by atoms with Crippen LogP contribution in [-0.4, -0.2) is 117 Å². The van der Waals surface area contributed by atoms with E-state index >= 15 is 0 Å². The van der Waals surface area contributed by atoms with Crippen molar-refractivity contribution in [3.63, 3.8) is 0 Å². The van der Waals surface area contributed by atoms with E-state index in [9.17, 15) is 19.2 Å². The second-order valence-electron chi connectivity index (χ2n) is 19.1. The van der Waals surface area contributed by atoms with Crippen molar-refractivity contribution in [2.75, 3.05) is 14.2 Å². The number of methoxy groups -OCH3 is 2. The summed E-state index contributed by atoms with van der Waals surface area (Å²) in [6, 6.07) is 14.5. The van der Waals surface area contributed by atoms with Gasteiger partial charge in [-0.05, 0) is 116 Å². The van der Waals surface area contributed by atoms with E-state index in [4.69, 9.17) is 28.9 Å². The van der Waals surface area contributed by atoms with Crippen molar-refractivity contribution in [2.45, 2.75) is 154 Å². The molecule has 0 aliphatic carbocycles. The summed E-state index contributed by atoms with van der Waals surface area (Å²) in [7, 11) is 2.63. The van der Waals surface area contributed by atoms with E-state index in [-0.39, 0.29) is 72.2 Å². The first-order chi connectivity index (χ1) is 31.7. The summed E-state index contributed by atoms with van der Waals surface area (Å²) in [6.07, 6.45) is 8.23. The Morgan fingerprint density at radius 1 is 0.561 bits per heavy atom. The van der Waals surface area contributed by atoms with Crippen molar-refractivity contribution in [2.24, 2.45) is 11.8 Å². The number of ether oxygens (including phenoxy) is 4. The lowest BCUT2D eigenvalue weighted by Crippen LogP contribution is -2.55. The number of H-pyrrole nitrogens is 2. The van der Waals surface area contributed by atoms with E-state index in [1.165, 1.54) is 14.2 Å². The lowest BCUT2D eigenvalue weighted by molar-refractivity contribution is -0.141. The fourth-order valence-electron chi connectivity index (χ4n) is 11.1. The molecule has 4 saturated heterocycles. The third kappa shape index (κ3) is 9.99. The average Bonchev–Trinajstić information content (AvgIpc) is 4.13. The molecule has 0 saturated carbocycles. The number of benzene rings is 2. The molecule has 16 heteroatoms. The van der Waals surface area contributed by atoms with Gasteiger partial charge in [-0.1, -0.05) is 48.5 Å². The van der Waals surface area contributed by atoms with E-state index in [2.05, 4.69) is 83.0 Å². The minimum absolute atomic E-state index is 0.0243. The van der Waals surface area contributed by atoms with E-state index in [0.29, 0.717) is 25.7 Å². The molecule has 4 aliphatic heterocycles. The van der Waals surface area contributed by atoms with Crippen molar-refractivity contribution in [1.29, 1.82) is 0 Å². The predicted molar refractivity (Wildman–Crippen MR) is 248 cm³/mol. The highest BCUT2D eigenvalue weighted by molar-refractivity contribution is 5.88. The molecule has 0 unspecified atom stereocenters. The Labute approximate surface area is 387 Å². The van der Waals surface area contributed by atoms with Crippen molar-refractivity contribution in [1.82, 2.24) is 40.4 Å². The molecule has 4 amide bonds. The maximum atomic E-state index is 14.4. The van der Waals surface area contributed by atoms with Crippen LogP contribution in [0.3, 0.4) is 0 Å². The number of alkyl carbamates (subject to hydrolysis) is 2. The van der Waals surface area contributed by atoms with Crippen molar-refractivity contribution >= 4 is 24.0 Å². The Hall–Kier alpha value is -5.74. The molecule has 0 bridgehead atoms. The molecule has 6 heterocycles. The number of imidazole rings is 2. The van der Waals surface area contributed by atoms with Gasteiger partial charge in [-0.2, -0.15) is 0 Å². The summed E-state index contributed by atoms with van der Waals surface area (Å²) in [6.45, 7) is 12.1. The van der Waals surface area contributed by atoms with Gasteiger partial charge in [0.25, 0.3) is 0 Å².